The number of rotatable bonds is 6. The van der Waals surface area contributed by atoms with Crippen molar-refractivity contribution < 1.29 is 30.5 Å². The van der Waals surface area contributed by atoms with E-state index in [4.69, 9.17) is 27.9 Å². The number of hydrogen-bond acceptors (Lipinski definition) is 7. The lowest BCUT2D eigenvalue weighted by Gasteiger charge is -2.15. The van der Waals surface area contributed by atoms with Crippen LogP contribution in [0.3, 0.4) is 0 Å². The van der Waals surface area contributed by atoms with Gasteiger partial charge in [-0.25, -0.2) is 4.68 Å². The van der Waals surface area contributed by atoms with Gasteiger partial charge in [-0.05, 0) is 56.3 Å². The van der Waals surface area contributed by atoms with Crippen LogP contribution in [0.4, 0.5) is 13.2 Å². The van der Waals surface area contributed by atoms with E-state index in [-0.39, 0.29) is 6.10 Å². The summed E-state index contributed by atoms with van der Waals surface area (Å²) in [5.74, 6) is 0.573. The molecule has 1 aromatic carbocycles. The van der Waals surface area contributed by atoms with E-state index in [0.717, 1.165) is 5.56 Å². The Bertz CT molecular complexity index is 950. The molecule has 2 aromatic rings. The predicted octanol–water partition coefficient (Wildman–Crippen LogP) is 4.62. The van der Waals surface area contributed by atoms with Crippen molar-refractivity contribution in [2.24, 2.45) is 0 Å². The number of ether oxygens (including phenoxy) is 1. The van der Waals surface area contributed by atoms with E-state index in [0.29, 0.717) is 15.8 Å². The Morgan fingerprint density at radius 2 is 1.80 bits per heavy atom. The van der Waals surface area contributed by atoms with E-state index in [2.05, 4.69) is 19.7 Å². The first-order chi connectivity index (χ1) is 13.7. The van der Waals surface area contributed by atoms with E-state index in [1.807, 2.05) is 13.8 Å². The predicted molar refractivity (Wildman–Crippen MR) is 106 cm³/mol. The first-order valence-corrected chi connectivity index (χ1v) is 10.4. The summed E-state index contributed by atoms with van der Waals surface area (Å²) in [7, 11) is -5.40. The quantitative estimate of drug-likeness (QED) is 0.331. The van der Waals surface area contributed by atoms with Crippen molar-refractivity contribution in [1.29, 1.82) is 0 Å². The van der Waals surface area contributed by atoms with Crippen LogP contribution in [0.5, 0.6) is 0 Å². The Morgan fingerprint density at radius 3 is 2.20 bits per heavy atom. The molecule has 0 saturated carbocycles. The van der Waals surface area contributed by atoms with Crippen molar-refractivity contribution in [2.75, 3.05) is 0 Å². The van der Waals surface area contributed by atoms with Crippen LogP contribution in [0.2, 0.25) is 10.0 Å². The van der Waals surface area contributed by atoms with Gasteiger partial charge in [0.1, 0.15) is 12.1 Å². The van der Waals surface area contributed by atoms with Crippen molar-refractivity contribution in [3.63, 3.8) is 0 Å². The van der Waals surface area contributed by atoms with Gasteiger partial charge in [-0.3, -0.25) is 4.18 Å². The maximum Gasteiger partial charge on any atom is 0.523 e. The molecular formula is C16H19Cl2F3N4O4S. The first kappa shape index (κ1) is 26.1. The standard InChI is InChI=1S/C12H12Cl2N4O.C4H7F3O3S/c1-8(2)19-12(6-18-7-15-16-17-18)10-4-3-9(13)5-11(10)14;1-3(2)10-11(8,9)4(5,6)7/h3-8H,1-2H3;3H,1-2H3. The van der Waals surface area contributed by atoms with E-state index >= 15 is 0 Å². The Labute approximate surface area is 181 Å². The summed E-state index contributed by atoms with van der Waals surface area (Å²) in [6, 6.07) is 5.21. The molecule has 0 bridgehead atoms. The molecule has 1 aromatic heterocycles. The first-order valence-electron chi connectivity index (χ1n) is 8.29. The van der Waals surface area contributed by atoms with Crippen LogP contribution < -0.4 is 0 Å². The highest BCUT2D eigenvalue weighted by Gasteiger charge is 2.47. The fraction of sp³-hybridized carbons (Fsp3) is 0.438. The minimum atomic E-state index is -5.40. The number of aromatic nitrogens is 4. The summed E-state index contributed by atoms with van der Waals surface area (Å²) in [6.07, 6.45) is 2.12. The molecule has 14 heteroatoms. The zero-order valence-electron chi connectivity index (χ0n) is 16.3. The van der Waals surface area contributed by atoms with Crippen LogP contribution in [0.15, 0.2) is 24.5 Å². The SMILES string of the molecule is CC(C)OC(=Cn1cnnn1)c1ccc(Cl)cc1Cl.CC(C)OS(=O)(=O)C(F)(F)F. The summed E-state index contributed by atoms with van der Waals surface area (Å²) in [5.41, 5.74) is -4.59. The van der Waals surface area contributed by atoms with Gasteiger partial charge >= 0.3 is 15.6 Å². The lowest BCUT2D eigenvalue weighted by molar-refractivity contribution is -0.0563. The topological polar surface area (TPSA) is 96.2 Å². The van der Waals surface area contributed by atoms with Gasteiger partial charge in [-0.1, -0.05) is 23.2 Å². The summed E-state index contributed by atoms with van der Waals surface area (Å²) >= 11 is 12.1. The third-order valence-corrected chi connectivity index (χ3v) is 4.53. The highest BCUT2D eigenvalue weighted by molar-refractivity contribution is 7.87. The van der Waals surface area contributed by atoms with Crippen LogP contribution in [-0.4, -0.2) is 46.3 Å². The fourth-order valence-corrected chi connectivity index (χ4v) is 2.88. The average molecular weight is 491 g/mol. The van der Waals surface area contributed by atoms with Crippen molar-refractivity contribution in [1.82, 2.24) is 20.2 Å². The van der Waals surface area contributed by atoms with Crippen molar-refractivity contribution in [3.8, 4) is 0 Å². The van der Waals surface area contributed by atoms with Gasteiger partial charge in [0, 0.05) is 10.6 Å². The molecule has 8 nitrogen and oxygen atoms in total. The molecule has 0 saturated heterocycles. The van der Waals surface area contributed by atoms with Gasteiger partial charge in [-0.15, -0.1) is 5.10 Å². The summed E-state index contributed by atoms with van der Waals surface area (Å²) in [6.45, 7) is 6.25. The van der Waals surface area contributed by atoms with E-state index in [1.54, 1.807) is 24.4 Å². The zero-order chi connectivity index (χ0) is 23.1. The van der Waals surface area contributed by atoms with Crippen molar-refractivity contribution in [3.05, 3.63) is 40.1 Å². The number of nitrogens with zero attached hydrogens (tertiary/aromatic N) is 4. The molecule has 0 spiro atoms. The van der Waals surface area contributed by atoms with Gasteiger partial charge in [0.25, 0.3) is 0 Å². The summed E-state index contributed by atoms with van der Waals surface area (Å²) in [4.78, 5) is 0. The molecule has 2 rings (SSSR count). The highest BCUT2D eigenvalue weighted by atomic mass is 35.5. The maximum atomic E-state index is 11.5. The normalized spacial score (nSPS) is 12.7. The third-order valence-electron chi connectivity index (χ3n) is 2.78. The molecule has 0 radical (unpaired) electrons. The third kappa shape index (κ3) is 8.46. The molecule has 0 fully saturated rings. The van der Waals surface area contributed by atoms with Crippen LogP contribution in [0.1, 0.15) is 33.3 Å². The second-order valence-electron chi connectivity index (χ2n) is 6.12. The minimum absolute atomic E-state index is 0.00512. The Morgan fingerprint density at radius 1 is 1.17 bits per heavy atom. The second-order valence-corrected chi connectivity index (χ2v) is 8.53. The van der Waals surface area contributed by atoms with Crippen LogP contribution in [-0.2, 0) is 19.0 Å². The number of tetrazole rings is 1. The van der Waals surface area contributed by atoms with Gasteiger partial charge in [0.2, 0.25) is 0 Å². The van der Waals surface area contributed by atoms with Crippen LogP contribution in [0, 0.1) is 0 Å². The minimum Gasteiger partial charge on any atom is -0.489 e. The van der Waals surface area contributed by atoms with E-state index in [9.17, 15) is 21.6 Å². The average Bonchev–Trinajstić information content (AvgIpc) is 3.05. The van der Waals surface area contributed by atoms with Gasteiger partial charge in [-0.2, -0.15) is 21.6 Å². The number of halogens is 5. The monoisotopic (exact) mass is 490 g/mol. The molecule has 0 aliphatic rings. The number of benzene rings is 1. The van der Waals surface area contributed by atoms with E-state index < -0.39 is 21.7 Å². The molecule has 0 atom stereocenters. The molecule has 168 valence electrons. The van der Waals surface area contributed by atoms with E-state index in [1.165, 1.54) is 24.9 Å². The highest BCUT2D eigenvalue weighted by Crippen LogP contribution is 2.29. The molecule has 0 aliphatic carbocycles. The van der Waals surface area contributed by atoms with Gasteiger partial charge < -0.3 is 4.74 Å². The summed E-state index contributed by atoms with van der Waals surface area (Å²) in [5, 5.41) is 12.0. The lowest BCUT2D eigenvalue weighted by Crippen LogP contribution is -2.27. The van der Waals surface area contributed by atoms with Crippen LogP contribution >= 0.6 is 23.2 Å². The summed E-state index contributed by atoms with van der Waals surface area (Å²) < 4.78 is 65.5. The maximum absolute atomic E-state index is 11.5. The molecule has 0 aliphatic heterocycles. The zero-order valence-corrected chi connectivity index (χ0v) is 18.6. The Kier molecular flexibility index (Phi) is 9.53. The van der Waals surface area contributed by atoms with Crippen molar-refractivity contribution >= 4 is 45.3 Å². The van der Waals surface area contributed by atoms with Gasteiger partial charge in [0.05, 0.1) is 23.4 Å². The number of hydrogen-bond donors (Lipinski definition) is 0. The fourth-order valence-electron chi connectivity index (χ4n) is 1.76. The molecule has 1 heterocycles. The molecule has 30 heavy (non-hydrogen) atoms. The molecule has 0 N–H and O–H groups in total. The second kappa shape index (κ2) is 10.9. The number of alkyl halides is 3. The van der Waals surface area contributed by atoms with Crippen LogP contribution in [0.25, 0.3) is 12.0 Å². The largest absolute Gasteiger partial charge is 0.523 e. The Hall–Kier alpha value is -1.89. The molecule has 0 amide bonds. The molecule has 0 unspecified atom stereocenters. The lowest BCUT2D eigenvalue weighted by atomic mass is 10.2. The molecular weight excluding hydrogens is 472 g/mol. The van der Waals surface area contributed by atoms with Crippen molar-refractivity contribution in [2.45, 2.75) is 45.4 Å². The van der Waals surface area contributed by atoms with Gasteiger partial charge in [0.15, 0.2) is 0 Å². The Balaban J connectivity index is 0.000000352. The smallest absolute Gasteiger partial charge is 0.489 e.